The zero-order valence-corrected chi connectivity index (χ0v) is 15.3. The Hall–Kier alpha value is -3.07. The van der Waals surface area contributed by atoms with Crippen LogP contribution in [0.2, 0.25) is 0 Å². The lowest BCUT2D eigenvalue weighted by Crippen LogP contribution is -2.12. The van der Waals surface area contributed by atoms with Crippen molar-refractivity contribution in [1.29, 1.82) is 0 Å². The number of hydrogen-bond acceptors (Lipinski definition) is 6. The van der Waals surface area contributed by atoms with Crippen LogP contribution < -0.4 is 11.1 Å². The minimum Gasteiger partial charge on any atom is -0.365 e. The van der Waals surface area contributed by atoms with E-state index in [1.165, 1.54) is 11.8 Å². The van der Waals surface area contributed by atoms with Crippen LogP contribution in [-0.4, -0.2) is 30.1 Å². The highest BCUT2D eigenvalue weighted by molar-refractivity contribution is 8.07. The monoisotopic (exact) mass is 369 g/mol. The Bertz CT molecular complexity index is 1000. The van der Waals surface area contributed by atoms with Gasteiger partial charge in [0.25, 0.3) is 5.91 Å². The molecule has 0 spiro atoms. The molecule has 0 atom stereocenters. The zero-order chi connectivity index (χ0) is 18.7. The van der Waals surface area contributed by atoms with E-state index < -0.39 is 5.91 Å². The van der Waals surface area contributed by atoms with Crippen molar-refractivity contribution in [2.45, 2.75) is 13.3 Å². The molecule has 0 aromatic carbocycles. The lowest BCUT2D eigenvalue weighted by atomic mass is 10.3. The van der Waals surface area contributed by atoms with Gasteiger partial charge in [-0.2, -0.15) is 5.10 Å². The first-order chi connectivity index (χ1) is 12.5. The number of allylic oxidation sites excluding steroid dienone is 1. The Morgan fingerprint density at radius 1 is 1.42 bits per heavy atom. The fourth-order valence-electron chi connectivity index (χ4n) is 2.38. The molecule has 0 aliphatic heterocycles. The molecule has 3 heterocycles. The number of imidazole rings is 1. The molecule has 134 valence electrons. The van der Waals surface area contributed by atoms with Crippen LogP contribution in [-0.2, 0) is 11.8 Å². The first kappa shape index (κ1) is 17.7. The third kappa shape index (κ3) is 3.62. The highest BCUT2D eigenvalue weighted by Crippen LogP contribution is 2.28. The molecule has 0 fully saturated rings. The van der Waals surface area contributed by atoms with E-state index in [4.69, 9.17) is 5.73 Å². The fraction of sp³-hybridized carbons (Fsp3) is 0.176. The van der Waals surface area contributed by atoms with Crippen LogP contribution in [0.3, 0.4) is 0 Å². The van der Waals surface area contributed by atoms with Crippen LogP contribution in [0.1, 0.15) is 13.3 Å². The van der Waals surface area contributed by atoms with E-state index >= 15 is 0 Å². The molecule has 8 nitrogen and oxygen atoms in total. The smallest absolute Gasteiger partial charge is 0.254 e. The number of aromatic nitrogens is 5. The number of fused-ring (bicyclic) bond motifs is 1. The van der Waals surface area contributed by atoms with Crippen LogP contribution >= 0.6 is 11.8 Å². The molecular weight excluding hydrogens is 350 g/mol. The van der Waals surface area contributed by atoms with E-state index in [2.05, 4.69) is 27.0 Å². The molecule has 0 aliphatic rings. The lowest BCUT2D eigenvalue weighted by molar-refractivity contribution is -0.113. The second-order valence-electron chi connectivity index (χ2n) is 5.51. The maximum atomic E-state index is 11.3. The summed E-state index contributed by atoms with van der Waals surface area (Å²) in [6.45, 7) is 5.68. The molecule has 0 unspecified atom stereocenters. The summed E-state index contributed by atoms with van der Waals surface area (Å²) in [5, 5.41) is 8.15. The third-order valence-corrected chi connectivity index (χ3v) is 4.50. The summed E-state index contributed by atoms with van der Waals surface area (Å²) >= 11 is 1.18. The van der Waals surface area contributed by atoms with Crippen LogP contribution in [0.5, 0.6) is 0 Å². The number of hydrogen-bond donors (Lipinski definition) is 2. The van der Waals surface area contributed by atoms with E-state index in [-0.39, 0.29) is 4.91 Å². The fourth-order valence-corrected chi connectivity index (χ4v) is 3.14. The van der Waals surface area contributed by atoms with Crippen LogP contribution in [0.25, 0.3) is 16.9 Å². The van der Waals surface area contributed by atoms with Gasteiger partial charge in [-0.15, -0.1) is 0 Å². The predicted octanol–water partition coefficient (Wildman–Crippen LogP) is 2.53. The second-order valence-corrected chi connectivity index (χ2v) is 6.64. The highest BCUT2D eigenvalue weighted by Gasteiger charge is 2.14. The zero-order valence-electron chi connectivity index (χ0n) is 14.5. The van der Waals surface area contributed by atoms with Gasteiger partial charge in [-0.3, -0.25) is 13.9 Å². The van der Waals surface area contributed by atoms with Gasteiger partial charge in [0.1, 0.15) is 0 Å². The average Bonchev–Trinajstić information content (AvgIpc) is 3.21. The standard InChI is InChI=1S/C17H19N7OS/c1-4-5-14(26-11(2)15(18)25)22-16-17-20-9-13(24(17)7-6-19-16)12-8-21-23(3)10-12/h5-10H,2,4H2,1,3H3,(H2,18,25)(H,19,22)/b14-5-. The third-order valence-electron chi connectivity index (χ3n) is 3.57. The van der Waals surface area contributed by atoms with Crippen LogP contribution in [0.4, 0.5) is 5.82 Å². The Morgan fingerprint density at radius 2 is 2.23 bits per heavy atom. The first-order valence-corrected chi connectivity index (χ1v) is 8.76. The number of rotatable bonds is 7. The summed E-state index contributed by atoms with van der Waals surface area (Å²) in [6.07, 6.45) is 11.7. The van der Waals surface area contributed by atoms with Gasteiger partial charge in [0.15, 0.2) is 11.5 Å². The van der Waals surface area contributed by atoms with Crippen molar-refractivity contribution in [3.63, 3.8) is 0 Å². The van der Waals surface area contributed by atoms with Crippen molar-refractivity contribution in [3.8, 4) is 11.3 Å². The molecule has 26 heavy (non-hydrogen) atoms. The number of carbonyl (C=O) groups excluding carboxylic acids is 1. The van der Waals surface area contributed by atoms with Gasteiger partial charge in [0.2, 0.25) is 0 Å². The molecule has 3 rings (SSSR count). The Morgan fingerprint density at radius 3 is 2.88 bits per heavy atom. The molecule has 0 saturated heterocycles. The topological polar surface area (TPSA) is 103 Å². The summed E-state index contributed by atoms with van der Waals surface area (Å²) in [7, 11) is 1.87. The van der Waals surface area contributed by atoms with Crippen molar-refractivity contribution in [3.05, 3.63) is 53.6 Å². The summed E-state index contributed by atoms with van der Waals surface area (Å²) in [5.41, 5.74) is 7.81. The first-order valence-electron chi connectivity index (χ1n) is 7.94. The second kappa shape index (κ2) is 7.44. The molecule has 0 saturated carbocycles. The molecule has 3 N–H and O–H groups in total. The minimum absolute atomic E-state index is 0.253. The molecule has 0 bridgehead atoms. The van der Waals surface area contributed by atoms with Crippen molar-refractivity contribution >= 4 is 29.1 Å². The number of carbonyl (C=O) groups is 1. The molecule has 9 heteroatoms. The van der Waals surface area contributed by atoms with Crippen molar-refractivity contribution in [2.24, 2.45) is 12.8 Å². The van der Waals surface area contributed by atoms with Crippen molar-refractivity contribution in [2.75, 3.05) is 5.32 Å². The molecule has 3 aromatic rings. The number of nitrogens with one attached hydrogen (secondary N) is 1. The Kier molecular flexibility index (Phi) is 5.08. The number of nitrogens with two attached hydrogens (primary N) is 1. The number of anilines is 1. The molecule has 0 aliphatic carbocycles. The van der Waals surface area contributed by atoms with E-state index in [0.717, 1.165) is 22.7 Å². The van der Waals surface area contributed by atoms with Gasteiger partial charge < -0.3 is 11.1 Å². The van der Waals surface area contributed by atoms with Gasteiger partial charge in [0, 0.05) is 31.2 Å². The SMILES string of the molecule is C=C(S/C(=C\CC)Nc1nccn2c(-c3cnn(C)c3)cnc12)C(N)=O. The van der Waals surface area contributed by atoms with Crippen LogP contribution in [0, 0.1) is 0 Å². The largest absolute Gasteiger partial charge is 0.365 e. The predicted molar refractivity (Wildman–Crippen MR) is 103 cm³/mol. The van der Waals surface area contributed by atoms with Crippen molar-refractivity contribution < 1.29 is 4.79 Å². The number of aryl methyl sites for hydroxylation is 1. The summed E-state index contributed by atoms with van der Waals surface area (Å²) in [5.74, 6) is 0.0248. The number of nitrogens with zero attached hydrogens (tertiary/aromatic N) is 5. The average molecular weight is 369 g/mol. The number of amides is 1. The highest BCUT2D eigenvalue weighted by atomic mass is 32.2. The molecular formula is C17H19N7OS. The maximum Gasteiger partial charge on any atom is 0.254 e. The van der Waals surface area contributed by atoms with Gasteiger partial charge in [-0.1, -0.05) is 31.3 Å². The maximum absolute atomic E-state index is 11.3. The summed E-state index contributed by atoms with van der Waals surface area (Å²) < 4.78 is 3.67. The minimum atomic E-state index is -0.551. The Balaban J connectivity index is 1.95. The van der Waals surface area contributed by atoms with Gasteiger partial charge >= 0.3 is 0 Å². The van der Waals surface area contributed by atoms with E-state index in [9.17, 15) is 4.79 Å². The van der Waals surface area contributed by atoms with Crippen LogP contribution in [0.15, 0.2) is 53.6 Å². The normalized spacial score (nSPS) is 11.7. The van der Waals surface area contributed by atoms with E-state index in [0.29, 0.717) is 11.5 Å². The molecule has 3 aromatic heterocycles. The number of thioether (sulfide) groups is 1. The van der Waals surface area contributed by atoms with Gasteiger partial charge in [-0.05, 0) is 6.42 Å². The summed E-state index contributed by atoms with van der Waals surface area (Å²) in [6, 6.07) is 0. The van der Waals surface area contributed by atoms with Gasteiger partial charge in [-0.25, -0.2) is 9.97 Å². The van der Waals surface area contributed by atoms with Crippen molar-refractivity contribution in [1.82, 2.24) is 24.1 Å². The van der Waals surface area contributed by atoms with E-state index in [1.54, 1.807) is 23.3 Å². The lowest BCUT2D eigenvalue weighted by Gasteiger charge is -2.11. The quantitative estimate of drug-likeness (QED) is 0.620. The van der Waals surface area contributed by atoms with E-state index in [1.807, 2.05) is 36.8 Å². The van der Waals surface area contributed by atoms with Gasteiger partial charge in [0.05, 0.1) is 28.0 Å². The molecule has 1 amide bonds. The Labute approximate surface area is 154 Å². The molecule has 0 radical (unpaired) electrons. The number of primary amides is 1. The summed E-state index contributed by atoms with van der Waals surface area (Å²) in [4.78, 5) is 20.4.